The van der Waals surface area contributed by atoms with Gasteiger partial charge in [0, 0.05) is 24.8 Å². The molecule has 1 N–H and O–H groups in total. The Morgan fingerprint density at radius 3 is 2.69 bits per heavy atom. The lowest BCUT2D eigenvalue weighted by molar-refractivity contribution is -0.123. The summed E-state index contributed by atoms with van der Waals surface area (Å²) in [5.41, 5.74) is 2.95. The Bertz CT molecular complexity index is 442. The smallest absolute Gasteiger partial charge is 0.237 e. The average Bonchev–Trinajstić information content (AvgIpc) is 2.49. The average molecular weight is 220 g/mol. The van der Waals surface area contributed by atoms with Crippen LogP contribution in [0.2, 0.25) is 0 Å². The fraction of sp³-hybridized carbons (Fsp3) is 0.545. The molecule has 5 heteroatoms. The minimum Gasteiger partial charge on any atom is -0.351 e. The van der Waals surface area contributed by atoms with Crippen LogP contribution in [0.1, 0.15) is 23.9 Å². The summed E-state index contributed by atoms with van der Waals surface area (Å²) in [6, 6.07) is 1.90. The van der Waals surface area contributed by atoms with Gasteiger partial charge >= 0.3 is 0 Å². The lowest BCUT2D eigenvalue weighted by Crippen LogP contribution is -2.28. The largest absolute Gasteiger partial charge is 0.351 e. The molecule has 5 nitrogen and oxygen atoms in total. The van der Waals surface area contributed by atoms with E-state index in [2.05, 4.69) is 10.4 Å². The van der Waals surface area contributed by atoms with Gasteiger partial charge in [0.1, 0.15) is 5.92 Å². The van der Waals surface area contributed by atoms with Crippen molar-refractivity contribution in [3.05, 3.63) is 17.0 Å². The minimum atomic E-state index is -0.614. The molecule has 0 aliphatic carbocycles. The molecule has 0 fully saturated rings. The molecule has 1 heterocycles. The molecule has 0 aromatic carbocycles. The van der Waals surface area contributed by atoms with Gasteiger partial charge in [0.15, 0.2) is 0 Å². The molecule has 16 heavy (non-hydrogen) atoms. The monoisotopic (exact) mass is 220 g/mol. The van der Waals surface area contributed by atoms with Gasteiger partial charge in [0.2, 0.25) is 5.91 Å². The van der Waals surface area contributed by atoms with Gasteiger partial charge in [-0.05, 0) is 20.8 Å². The van der Waals surface area contributed by atoms with Crippen LogP contribution in [0.15, 0.2) is 0 Å². The molecule has 0 bridgehead atoms. The Morgan fingerprint density at radius 2 is 2.25 bits per heavy atom. The number of aromatic nitrogens is 2. The van der Waals surface area contributed by atoms with Crippen molar-refractivity contribution in [2.24, 2.45) is 13.0 Å². The van der Waals surface area contributed by atoms with Gasteiger partial charge in [-0.15, -0.1) is 0 Å². The van der Waals surface area contributed by atoms with E-state index in [4.69, 9.17) is 5.26 Å². The van der Waals surface area contributed by atoms with Crippen molar-refractivity contribution < 1.29 is 4.79 Å². The molecule has 1 unspecified atom stereocenters. The zero-order valence-electron chi connectivity index (χ0n) is 10.0. The molecule has 0 aliphatic heterocycles. The third-order valence-corrected chi connectivity index (χ3v) is 2.69. The van der Waals surface area contributed by atoms with Crippen molar-refractivity contribution in [3.63, 3.8) is 0 Å². The second kappa shape index (κ2) is 4.79. The number of rotatable bonds is 3. The number of hydrogen-bond acceptors (Lipinski definition) is 3. The predicted octanol–water partition coefficient (Wildman–Crippen LogP) is 0.813. The van der Waals surface area contributed by atoms with Gasteiger partial charge in [0.05, 0.1) is 11.8 Å². The number of hydrogen-bond donors (Lipinski definition) is 1. The maximum atomic E-state index is 11.4. The zero-order valence-corrected chi connectivity index (χ0v) is 10.0. The number of nitriles is 1. The summed E-state index contributed by atoms with van der Waals surface area (Å²) in [4.78, 5) is 11.4. The van der Waals surface area contributed by atoms with Gasteiger partial charge in [0.25, 0.3) is 0 Å². The lowest BCUT2D eigenvalue weighted by Gasteiger charge is -2.06. The minimum absolute atomic E-state index is 0.245. The summed E-state index contributed by atoms with van der Waals surface area (Å²) in [7, 11) is 1.87. The first-order chi connectivity index (χ1) is 7.47. The normalized spacial score (nSPS) is 11.9. The topological polar surface area (TPSA) is 70.7 Å². The van der Waals surface area contributed by atoms with E-state index in [1.54, 1.807) is 11.6 Å². The summed E-state index contributed by atoms with van der Waals surface area (Å²) in [6.07, 6.45) is 0. The highest BCUT2D eigenvalue weighted by Gasteiger charge is 2.14. The van der Waals surface area contributed by atoms with Crippen LogP contribution in [0.4, 0.5) is 0 Å². The molecule has 0 saturated carbocycles. The molecule has 1 atom stereocenters. The van der Waals surface area contributed by atoms with E-state index in [1.165, 1.54) is 0 Å². The Labute approximate surface area is 95.1 Å². The van der Waals surface area contributed by atoms with Crippen molar-refractivity contribution in [1.29, 1.82) is 5.26 Å². The molecule has 1 amide bonds. The van der Waals surface area contributed by atoms with Crippen molar-refractivity contribution >= 4 is 5.91 Å². The quantitative estimate of drug-likeness (QED) is 0.819. The summed E-state index contributed by atoms with van der Waals surface area (Å²) < 4.78 is 1.78. The third-order valence-electron chi connectivity index (χ3n) is 2.69. The molecule has 86 valence electrons. The highest BCUT2D eigenvalue weighted by atomic mass is 16.1. The van der Waals surface area contributed by atoms with E-state index >= 15 is 0 Å². The maximum Gasteiger partial charge on any atom is 0.237 e. The first kappa shape index (κ1) is 12.2. The van der Waals surface area contributed by atoms with Crippen molar-refractivity contribution in [1.82, 2.24) is 15.1 Å². The van der Waals surface area contributed by atoms with Crippen LogP contribution in [0.5, 0.6) is 0 Å². The molecule has 0 aliphatic rings. The molecule has 1 aromatic rings. The predicted molar refractivity (Wildman–Crippen MR) is 59.3 cm³/mol. The molecule has 0 spiro atoms. The molecular formula is C11H16N4O. The van der Waals surface area contributed by atoms with Crippen LogP contribution in [0.3, 0.4) is 0 Å². The van der Waals surface area contributed by atoms with Gasteiger partial charge in [-0.3, -0.25) is 9.48 Å². The number of carbonyl (C=O) groups is 1. The maximum absolute atomic E-state index is 11.4. The van der Waals surface area contributed by atoms with Crippen LogP contribution >= 0.6 is 0 Å². The summed E-state index contributed by atoms with van der Waals surface area (Å²) in [5, 5.41) is 15.6. The lowest BCUT2D eigenvalue weighted by atomic mass is 10.1. The van der Waals surface area contributed by atoms with Gasteiger partial charge in [-0.1, -0.05) is 0 Å². The van der Waals surface area contributed by atoms with E-state index in [1.807, 2.05) is 27.0 Å². The van der Waals surface area contributed by atoms with E-state index in [9.17, 15) is 4.79 Å². The SMILES string of the molecule is Cc1nn(C)c(C)c1CNC(=O)C(C)C#N. The van der Waals surface area contributed by atoms with Gasteiger partial charge < -0.3 is 5.32 Å². The second-order valence-corrected chi connectivity index (χ2v) is 3.84. The standard InChI is InChI=1S/C11H16N4O/c1-7(5-12)11(16)13-6-10-8(2)14-15(4)9(10)3/h7H,6H2,1-4H3,(H,13,16). The fourth-order valence-electron chi connectivity index (χ4n) is 1.46. The molecular weight excluding hydrogens is 204 g/mol. The van der Waals surface area contributed by atoms with Gasteiger partial charge in [-0.2, -0.15) is 10.4 Å². The summed E-state index contributed by atoms with van der Waals surface area (Å²) in [5.74, 6) is -0.859. The Morgan fingerprint density at radius 1 is 1.62 bits per heavy atom. The van der Waals surface area contributed by atoms with E-state index in [-0.39, 0.29) is 5.91 Å². The van der Waals surface area contributed by atoms with Crippen molar-refractivity contribution in [2.75, 3.05) is 0 Å². The van der Waals surface area contributed by atoms with E-state index in [0.717, 1.165) is 17.0 Å². The van der Waals surface area contributed by atoms with Crippen LogP contribution < -0.4 is 5.32 Å². The molecule has 1 aromatic heterocycles. The number of carbonyl (C=O) groups excluding carboxylic acids is 1. The zero-order chi connectivity index (χ0) is 12.3. The number of aryl methyl sites for hydroxylation is 2. The number of nitrogens with zero attached hydrogens (tertiary/aromatic N) is 3. The third kappa shape index (κ3) is 2.40. The van der Waals surface area contributed by atoms with Crippen LogP contribution in [0, 0.1) is 31.1 Å². The Balaban J connectivity index is 2.69. The summed E-state index contributed by atoms with van der Waals surface area (Å²) >= 11 is 0. The fourth-order valence-corrected chi connectivity index (χ4v) is 1.46. The number of nitrogens with one attached hydrogen (secondary N) is 1. The number of amides is 1. The molecule has 1 rings (SSSR count). The van der Waals surface area contributed by atoms with Gasteiger partial charge in [-0.25, -0.2) is 0 Å². The first-order valence-electron chi connectivity index (χ1n) is 5.13. The molecule has 0 saturated heterocycles. The Kier molecular flexibility index (Phi) is 3.67. The summed E-state index contributed by atoms with van der Waals surface area (Å²) in [6.45, 7) is 5.87. The second-order valence-electron chi connectivity index (χ2n) is 3.84. The van der Waals surface area contributed by atoms with Crippen molar-refractivity contribution in [2.45, 2.75) is 27.3 Å². The van der Waals surface area contributed by atoms with Crippen LogP contribution in [-0.4, -0.2) is 15.7 Å². The van der Waals surface area contributed by atoms with E-state index < -0.39 is 5.92 Å². The van der Waals surface area contributed by atoms with Crippen molar-refractivity contribution in [3.8, 4) is 6.07 Å². The van der Waals surface area contributed by atoms with E-state index in [0.29, 0.717) is 6.54 Å². The Hall–Kier alpha value is -1.83. The molecule has 0 radical (unpaired) electrons. The van der Waals surface area contributed by atoms with Crippen LogP contribution in [-0.2, 0) is 18.4 Å². The highest BCUT2D eigenvalue weighted by molar-refractivity contribution is 5.80. The van der Waals surface area contributed by atoms with Crippen LogP contribution in [0.25, 0.3) is 0 Å². The highest BCUT2D eigenvalue weighted by Crippen LogP contribution is 2.11. The first-order valence-corrected chi connectivity index (χ1v) is 5.13.